The molecule has 0 saturated heterocycles. The second-order valence-corrected chi connectivity index (χ2v) is 13.8. The van der Waals surface area contributed by atoms with Gasteiger partial charge in [-0.15, -0.1) is 0 Å². The number of aryl methyl sites for hydroxylation is 4. The fourth-order valence-corrected chi connectivity index (χ4v) is 5.06. The Morgan fingerprint density at radius 2 is 1.43 bits per heavy atom. The van der Waals surface area contributed by atoms with E-state index in [0.717, 1.165) is 38.9 Å². The molecule has 0 radical (unpaired) electrons. The van der Waals surface area contributed by atoms with Crippen molar-refractivity contribution in [3.63, 3.8) is 0 Å². The molecule has 2 aromatic heterocycles. The van der Waals surface area contributed by atoms with Gasteiger partial charge >= 0.3 is 0 Å². The third-order valence-electron chi connectivity index (χ3n) is 6.73. The summed E-state index contributed by atoms with van der Waals surface area (Å²) in [5, 5.41) is 0. The highest BCUT2D eigenvalue weighted by Gasteiger charge is 2.05. The molecule has 11 nitrogen and oxygen atoms in total. The third kappa shape index (κ3) is 23.9. The van der Waals surface area contributed by atoms with Gasteiger partial charge in [-0.05, 0) is 56.2 Å². The lowest BCUT2D eigenvalue weighted by atomic mass is 10.1. The van der Waals surface area contributed by atoms with E-state index in [4.69, 9.17) is 19.2 Å². The van der Waals surface area contributed by atoms with E-state index in [2.05, 4.69) is 56.0 Å². The van der Waals surface area contributed by atoms with E-state index in [0.29, 0.717) is 5.69 Å². The van der Waals surface area contributed by atoms with Gasteiger partial charge in [0, 0.05) is 24.6 Å². The van der Waals surface area contributed by atoms with Crippen molar-refractivity contribution in [2.24, 2.45) is 0 Å². The van der Waals surface area contributed by atoms with Gasteiger partial charge in [0.2, 0.25) is 16.4 Å². The van der Waals surface area contributed by atoms with Crippen LogP contribution >= 0.6 is 7.82 Å². The molecule has 13 heteroatoms. The van der Waals surface area contributed by atoms with Gasteiger partial charge in [0.25, 0.3) is 7.82 Å². The highest BCUT2D eigenvalue weighted by molar-refractivity contribution is 7.92. The normalized spacial score (nSPS) is 11.3. The van der Waals surface area contributed by atoms with E-state index in [-0.39, 0.29) is 0 Å². The topological polar surface area (TPSA) is 153 Å². The zero-order valence-electron chi connectivity index (χ0n) is 26.8. The van der Waals surface area contributed by atoms with E-state index in [9.17, 15) is 8.42 Å². The second kappa shape index (κ2) is 22.9. The van der Waals surface area contributed by atoms with E-state index >= 15 is 0 Å². The SMILES string of the molecule is CCCCCCC[n+]1ccn(CCCCc2ccc(NS(C)(=O)=O)cc2)c1.CCCCCCCn1ccnc1.O=P([O-])(O)O. The number of unbranched alkanes of at least 4 members (excludes halogenated alkanes) is 9. The van der Waals surface area contributed by atoms with Crippen LogP contribution in [0.2, 0.25) is 0 Å². The number of hydrogen-bond donors (Lipinski definition) is 3. The predicted molar refractivity (Wildman–Crippen MR) is 174 cm³/mol. The van der Waals surface area contributed by atoms with Crippen LogP contribution in [-0.4, -0.2) is 38.6 Å². The number of hydrogen-bond acceptors (Lipinski definition) is 5. The van der Waals surface area contributed by atoms with Gasteiger partial charge in [-0.25, -0.2) is 22.5 Å². The minimum absolute atomic E-state index is 0.618. The van der Waals surface area contributed by atoms with Crippen molar-refractivity contribution in [3.05, 3.63) is 67.3 Å². The summed E-state index contributed by atoms with van der Waals surface area (Å²) in [5.74, 6) is 0. The molecule has 3 rings (SSSR count). The van der Waals surface area contributed by atoms with Crippen molar-refractivity contribution in [1.29, 1.82) is 0 Å². The minimum Gasteiger partial charge on any atom is -0.756 e. The van der Waals surface area contributed by atoms with Crippen LogP contribution in [0, 0.1) is 0 Å². The first kappa shape index (κ1) is 39.5. The Balaban J connectivity index is 0.000000467. The van der Waals surface area contributed by atoms with Crippen LogP contribution in [0.5, 0.6) is 0 Å². The molecule has 0 fully saturated rings. The Morgan fingerprint density at radius 3 is 2.00 bits per heavy atom. The molecule has 0 unspecified atom stereocenters. The summed E-state index contributed by atoms with van der Waals surface area (Å²) in [6, 6.07) is 7.64. The number of nitrogens with zero attached hydrogens (tertiary/aromatic N) is 4. The standard InChI is InChI=1S/C21H34N3O2S.C10H18N2.H3O4P/c1-3-4-5-6-8-15-23-17-18-24(19-23)16-9-7-10-20-11-13-21(14-12-20)22-27(2,25)26;1-2-3-4-5-6-8-12-9-7-11-10-12;1-5(2,3)4/h11-14,17-19,22H,3-10,15-16H2,1-2H3;7,9-10H,2-6,8H2,1H3;(H3,1,2,3,4)/q+1;;/p-1. The van der Waals surface area contributed by atoms with Crippen LogP contribution in [0.4, 0.5) is 5.69 Å². The molecule has 3 aromatic rings. The van der Waals surface area contributed by atoms with E-state index in [1.807, 2.05) is 43.0 Å². The Labute approximate surface area is 264 Å². The van der Waals surface area contributed by atoms with Crippen LogP contribution in [0.15, 0.2) is 61.7 Å². The number of nitrogens with one attached hydrogen (secondary N) is 1. The van der Waals surface area contributed by atoms with Crippen molar-refractivity contribution in [2.45, 2.75) is 117 Å². The van der Waals surface area contributed by atoms with E-state index in [1.165, 1.54) is 76.0 Å². The number of anilines is 1. The number of benzene rings is 1. The number of aromatic nitrogens is 4. The second-order valence-electron chi connectivity index (χ2n) is 11.0. The van der Waals surface area contributed by atoms with Gasteiger partial charge < -0.3 is 19.2 Å². The average Bonchev–Trinajstić information content (AvgIpc) is 3.63. The van der Waals surface area contributed by atoms with Crippen molar-refractivity contribution in [1.82, 2.24) is 14.1 Å². The number of rotatable bonds is 19. The van der Waals surface area contributed by atoms with Crippen molar-refractivity contribution in [2.75, 3.05) is 11.0 Å². The average molecular weight is 656 g/mol. The first-order valence-electron chi connectivity index (χ1n) is 15.7. The molecule has 0 atom stereocenters. The first-order valence-corrected chi connectivity index (χ1v) is 19.2. The molecule has 44 heavy (non-hydrogen) atoms. The molecular formula is C31H54N5O6PS. The number of imidazole rings is 2. The lowest BCUT2D eigenvalue weighted by Crippen LogP contribution is -2.30. The summed E-state index contributed by atoms with van der Waals surface area (Å²) in [5.41, 5.74) is 1.86. The molecule has 0 aliphatic rings. The fraction of sp³-hybridized carbons (Fsp3) is 0.613. The predicted octanol–water partition coefficient (Wildman–Crippen LogP) is 5.43. The largest absolute Gasteiger partial charge is 0.756 e. The molecule has 3 N–H and O–H groups in total. The highest BCUT2D eigenvalue weighted by atomic mass is 32.2. The summed E-state index contributed by atoms with van der Waals surface area (Å²) in [6.07, 6.45) is 30.0. The number of phosphoric acid groups is 1. The molecule has 0 aliphatic heterocycles. The van der Waals surface area contributed by atoms with Crippen LogP contribution in [0.3, 0.4) is 0 Å². The van der Waals surface area contributed by atoms with Gasteiger partial charge in [0.15, 0.2) is 0 Å². The summed E-state index contributed by atoms with van der Waals surface area (Å²) in [6.45, 7) is 7.78. The Kier molecular flexibility index (Phi) is 20.6. The van der Waals surface area contributed by atoms with Crippen LogP contribution in [0.1, 0.15) is 96.5 Å². The smallest absolute Gasteiger partial charge is 0.262 e. The molecule has 0 amide bonds. The van der Waals surface area contributed by atoms with Gasteiger partial charge in [-0.2, -0.15) is 0 Å². The quantitative estimate of drug-likeness (QED) is 0.0884. The molecule has 2 heterocycles. The molecule has 0 spiro atoms. The Morgan fingerprint density at radius 1 is 0.864 bits per heavy atom. The summed E-state index contributed by atoms with van der Waals surface area (Å²) in [4.78, 5) is 26.9. The van der Waals surface area contributed by atoms with Gasteiger partial charge in [-0.1, -0.05) is 70.9 Å². The minimum atomic E-state index is -4.89. The Bertz CT molecular complexity index is 1250. The maximum atomic E-state index is 11.2. The lowest BCUT2D eigenvalue weighted by Gasteiger charge is -2.05. The summed E-state index contributed by atoms with van der Waals surface area (Å²) < 4.78 is 40.4. The molecule has 1 aromatic carbocycles. The van der Waals surface area contributed by atoms with E-state index in [1.54, 1.807) is 0 Å². The Hall–Kier alpha value is -2.50. The molecular weight excluding hydrogens is 601 g/mol. The van der Waals surface area contributed by atoms with Crippen molar-refractivity contribution in [3.8, 4) is 0 Å². The first-order chi connectivity index (χ1) is 20.9. The van der Waals surface area contributed by atoms with Crippen LogP contribution < -0.4 is 14.2 Å². The molecule has 0 saturated carbocycles. The zero-order chi connectivity index (χ0) is 32.7. The fourth-order valence-electron chi connectivity index (χ4n) is 4.50. The molecule has 0 aliphatic carbocycles. The van der Waals surface area contributed by atoms with E-state index < -0.39 is 17.8 Å². The van der Waals surface area contributed by atoms with Crippen molar-refractivity contribution < 1.29 is 32.2 Å². The van der Waals surface area contributed by atoms with Gasteiger partial charge in [-0.3, -0.25) is 9.29 Å². The highest BCUT2D eigenvalue weighted by Crippen LogP contribution is 2.19. The maximum Gasteiger partial charge on any atom is 0.262 e. The van der Waals surface area contributed by atoms with Crippen LogP contribution in [-0.2, 0) is 40.6 Å². The van der Waals surface area contributed by atoms with Crippen LogP contribution in [0.25, 0.3) is 0 Å². The lowest BCUT2D eigenvalue weighted by molar-refractivity contribution is -0.696. The molecule has 250 valence electrons. The summed E-state index contributed by atoms with van der Waals surface area (Å²) >= 11 is 0. The summed E-state index contributed by atoms with van der Waals surface area (Å²) in [7, 11) is -8.09. The molecule has 0 bridgehead atoms. The number of sulfonamides is 1. The monoisotopic (exact) mass is 655 g/mol. The van der Waals surface area contributed by atoms with Gasteiger partial charge in [0.05, 0.1) is 25.7 Å². The van der Waals surface area contributed by atoms with Crippen molar-refractivity contribution >= 4 is 23.5 Å². The van der Waals surface area contributed by atoms with Gasteiger partial charge in [0.1, 0.15) is 12.4 Å². The maximum absolute atomic E-state index is 11.2. The third-order valence-corrected chi connectivity index (χ3v) is 7.34. The zero-order valence-corrected chi connectivity index (χ0v) is 28.5.